The molecule has 0 aromatic heterocycles. The van der Waals surface area contributed by atoms with Gasteiger partial charge in [-0.3, -0.25) is 14.5 Å². The van der Waals surface area contributed by atoms with Gasteiger partial charge < -0.3 is 9.64 Å². The molecule has 3 rings (SSSR count). The Balaban J connectivity index is 1.53. The number of amides is 1. The van der Waals surface area contributed by atoms with E-state index in [9.17, 15) is 9.59 Å². The van der Waals surface area contributed by atoms with Gasteiger partial charge in [-0.15, -0.1) is 0 Å². The Kier molecular flexibility index (Phi) is 5.74. The second kappa shape index (κ2) is 8.00. The molecule has 25 heavy (non-hydrogen) atoms. The molecule has 2 aliphatic rings. The summed E-state index contributed by atoms with van der Waals surface area (Å²) in [5.74, 6) is 0.00851. The standard InChI is InChI=1S/C20H28N2O3/c1-3-25-20(24)17-9-11-21(12-10-17)19(23)14-22-13-8-16-6-4-5-7-18(16)15(22)2/h4-7,15,17H,3,8-14H2,1-2H3/t15-/m1/s1. The van der Waals surface area contributed by atoms with Crippen molar-refractivity contribution in [1.29, 1.82) is 0 Å². The first kappa shape index (κ1) is 17.9. The zero-order chi connectivity index (χ0) is 17.8. The van der Waals surface area contributed by atoms with Gasteiger partial charge in [0.15, 0.2) is 0 Å². The lowest BCUT2D eigenvalue weighted by atomic mass is 9.93. The van der Waals surface area contributed by atoms with Crippen LogP contribution in [0.4, 0.5) is 0 Å². The summed E-state index contributed by atoms with van der Waals surface area (Å²) in [6.45, 7) is 7.12. The Hall–Kier alpha value is -1.88. The van der Waals surface area contributed by atoms with Gasteiger partial charge in [0.25, 0.3) is 0 Å². The van der Waals surface area contributed by atoms with Crippen LogP contribution in [-0.2, 0) is 20.7 Å². The number of likely N-dealkylation sites (tertiary alicyclic amines) is 1. The van der Waals surface area contributed by atoms with E-state index in [2.05, 4.69) is 36.1 Å². The van der Waals surface area contributed by atoms with Gasteiger partial charge in [0.05, 0.1) is 19.1 Å². The molecule has 1 saturated heterocycles. The quantitative estimate of drug-likeness (QED) is 0.787. The zero-order valence-electron chi connectivity index (χ0n) is 15.2. The van der Waals surface area contributed by atoms with E-state index in [0.29, 0.717) is 39.1 Å². The van der Waals surface area contributed by atoms with Crippen molar-refractivity contribution >= 4 is 11.9 Å². The highest BCUT2D eigenvalue weighted by molar-refractivity contribution is 5.79. The Morgan fingerprint density at radius 3 is 2.60 bits per heavy atom. The molecule has 0 N–H and O–H groups in total. The molecule has 1 fully saturated rings. The number of ether oxygens (including phenoxy) is 1. The van der Waals surface area contributed by atoms with Crippen molar-refractivity contribution in [3.05, 3.63) is 35.4 Å². The fourth-order valence-electron chi connectivity index (χ4n) is 3.94. The molecule has 1 amide bonds. The highest BCUT2D eigenvalue weighted by Gasteiger charge is 2.30. The van der Waals surface area contributed by atoms with Crippen LogP contribution in [0.15, 0.2) is 24.3 Å². The summed E-state index contributed by atoms with van der Waals surface area (Å²) in [6, 6.07) is 8.78. The summed E-state index contributed by atoms with van der Waals surface area (Å²) in [4.78, 5) is 28.7. The van der Waals surface area contributed by atoms with E-state index in [4.69, 9.17) is 4.74 Å². The fourth-order valence-corrected chi connectivity index (χ4v) is 3.94. The molecule has 0 bridgehead atoms. The monoisotopic (exact) mass is 344 g/mol. The van der Waals surface area contributed by atoms with Gasteiger partial charge in [-0.2, -0.15) is 0 Å². The fraction of sp³-hybridized carbons (Fsp3) is 0.600. The van der Waals surface area contributed by atoms with E-state index in [1.807, 2.05) is 11.8 Å². The Labute approximate surface area is 149 Å². The number of benzene rings is 1. The third kappa shape index (κ3) is 4.03. The summed E-state index contributed by atoms with van der Waals surface area (Å²) >= 11 is 0. The van der Waals surface area contributed by atoms with Gasteiger partial charge in [0.1, 0.15) is 0 Å². The first-order chi connectivity index (χ1) is 12.1. The van der Waals surface area contributed by atoms with E-state index in [-0.39, 0.29) is 23.8 Å². The van der Waals surface area contributed by atoms with Crippen molar-refractivity contribution in [3.8, 4) is 0 Å². The second-order valence-electron chi connectivity index (χ2n) is 7.00. The average Bonchev–Trinajstić information content (AvgIpc) is 2.64. The third-order valence-corrected chi connectivity index (χ3v) is 5.53. The SMILES string of the molecule is CCOC(=O)C1CCN(C(=O)CN2CCc3ccccc3[C@H]2C)CC1. The first-order valence-corrected chi connectivity index (χ1v) is 9.36. The predicted octanol–water partition coefficient (Wildman–Crippen LogP) is 2.41. The molecule has 2 aliphatic heterocycles. The summed E-state index contributed by atoms with van der Waals surface area (Å²) < 4.78 is 5.10. The molecule has 0 spiro atoms. The maximum Gasteiger partial charge on any atom is 0.309 e. The summed E-state index contributed by atoms with van der Waals surface area (Å²) in [5, 5.41) is 0. The second-order valence-corrected chi connectivity index (χ2v) is 7.00. The van der Waals surface area contributed by atoms with Crippen molar-refractivity contribution < 1.29 is 14.3 Å². The molecule has 5 nitrogen and oxygen atoms in total. The molecular weight excluding hydrogens is 316 g/mol. The van der Waals surface area contributed by atoms with E-state index in [1.54, 1.807) is 0 Å². The molecule has 0 saturated carbocycles. The maximum atomic E-state index is 12.7. The molecule has 1 aromatic carbocycles. The van der Waals surface area contributed by atoms with Crippen LogP contribution in [0, 0.1) is 5.92 Å². The lowest BCUT2D eigenvalue weighted by Gasteiger charge is -2.37. The molecule has 0 radical (unpaired) electrons. The van der Waals surface area contributed by atoms with Gasteiger partial charge in [-0.25, -0.2) is 0 Å². The van der Waals surface area contributed by atoms with E-state index >= 15 is 0 Å². The van der Waals surface area contributed by atoms with Crippen molar-refractivity contribution in [1.82, 2.24) is 9.80 Å². The summed E-state index contributed by atoms with van der Waals surface area (Å²) in [6.07, 6.45) is 2.42. The summed E-state index contributed by atoms with van der Waals surface area (Å²) in [7, 11) is 0. The minimum absolute atomic E-state index is 0.0511. The van der Waals surface area contributed by atoms with E-state index < -0.39 is 0 Å². The molecule has 1 aromatic rings. The molecule has 5 heteroatoms. The Morgan fingerprint density at radius 1 is 1.16 bits per heavy atom. The zero-order valence-corrected chi connectivity index (χ0v) is 15.2. The minimum atomic E-state index is -0.115. The maximum absolute atomic E-state index is 12.7. The average molecular weight is 344 g/mol. The van der Waals surface area contributed by atoms with Gasteiger partial charge in [-0.1, -0.05) is 24.3 Å². The molecule has 136 valence electrons. The van der Waals surface area contributed by atoms with Crippen molar-refractivity contribution in [2.24, 2.45) is 5.92 Å². The van der Waals surface area contributed by atoms with Crippen molar-refractivity contribution in [3.63, 3.8) is 0 Å². The molecule has 1 atom stereocenters. The summed E-state index contributed by atoms with van der Waals surface area (Å²) in [5.41, 5.74) is 2.73. The van der Waals surface area contributed by atoms with E-state index in [0.717, 1.165) is 13.0 Å². The lowest BCUT2D eigenvalue weighted by molar-refractivity contribution is -0.151. The normalized spacial score (nSPS) is 21.7. The van der Waals surface area contributed by atoms with Crippen LogP contribution in [0.2, 0.25) is 0 Å². The molecule has 0 aliphatic carbocycles. The van der Waals surface area contributed by atoms with Crippen LogP contribution in [0.3, 0.4) is 0 Å². The number of hydrogen-bond donors (Lipinski definition) is 0. The number of piperidine rings is 1. The topological polar surface area (TPSA) is 49.9 Å². The highest BCUT2D eigenvalue weighted by atomic mass is 16.5. The number of rotatable bonds is 4. The minimum Gasteiger partial charge on any atom is -0.466 e. The van der Waals surface area contributed by atoms with Gasteiger partial charge in [0.2, 0.25) is 5.91 Å². The Bertz CT molecular complexity index is 623. The smallest absolute Gasteiger partial charge is 0.309 e. The Morgan fingerprint density at radius 2 is 1.88 bits per heavy atom. The molecule has 2 heterocycles. The van der Waals surface area contributed by atoms with Crippen LogP contribution in [0.5, 0.6) is 0 Å². The van der Waals surface area contributed by atoms with Crippen molar-refractivity contribution in [2.75, 3.05) is 32.8 Å². The van der Waals surface area contributed by atoms with E-state index in [1.165, 1.54) is 11.1 Å². The molecular formula is C20H28N2O3. The van der Waals surface area contributed by atoms with Crippen molar-refractivity contribution in [2.45, 2.75) is 39.2 Å². The van der Waals surface area contributed by atoms with Gasteiger partial charge in [0, 0.05) is 25.7 Å². The van der Waals surface area contributed by atoms with Crippen LogP contribution in [0.1, 0.15) is 43.9 Å². The van der Waals surface area contributed by atoms with Crippen LogP contribution >= 0.6 is 0 Å². The number of nitrogens with zero attached hydrogens (tertiary/aromatic N) is 2. The third-order valence-electron chi connectivity index (χ3n) is 5.53. The predicted molar refractivity (Wildman–Crippen MR) is 96.1 cm³/mol. The van der Waals surface area contributed by atoms with Gasteiger partial charge in [-0.05, 0) is 44.2 Å². The number of fused-ring (bicyclic) bond motifs is 1. The lowest BCUT2D eigenvalue weighted by Crippen LogP contribution is -2.47. The highest BCUT2D eigenvalue weighted by Crippen LogP contribution is 2.29. The van der Waals surface area contributed by atoms with Gasteiger partial charge >= 0.3 is 5.97 Å². The van der Waals surface area contributed by atoms with Crippen LogP contribution < -0.4 is 0 Å². The number of carbonyl (C=O) groups is 2. The largest absolute Gasteiger partial charge is 0.466 e. The molecule has 0 unspecified atom stereocenters. The number of carbonyl (C=O) groups excluding carboxylic acids is 2. The number of esters is 1. The van der Waals surface area contributed by atoms with Crippen LogP contribution in [0.25, 0.3) is 0 Å². The van der Waals surface area contributed by atoms with Crippen LogP contribution in [-0.4, -0.2) is 54.5 Å². The number of hydrogen-bond acceptors (Lipinski definition) is 4. The first-order valence-electron chi connectivity index (χ1n) is 9.36.